The Morgan fingerprint density at radius 2 is 0.694 bits per heavy atom. The van der Waals surface area contributed by atoms with Gasteiger partial charge in [0.25, 0.3) is 0 Å². The van der Waals surface area contributed by atoms with Crippen LogP contribution in [0.3, 0.4) is 0 Å². The van der Waals surface area contributed by atoms with E-state index in [4.69, 9.17) is 29.2 Å². The zero-order chi connectivity index (χ0) is 26.2. The normalized spacial score (nSPS) is 10.4. The molecule has 0 saturated carbocycles. The molecule has 0 atom stereocenters. The molecule has 0 bridgehead atoms. The fourth-order valence-electron chi connectivity index (χ4n) is 2.84. The van der Waals surface area contributed by atoms with Crippen LogP contribution in [0.5, 0.6) is 0 Å². The van der Waals surface area contributed by atoms with Crippen LogP contribution in [-0.4, -0.2) is 73.7 Å². The number of unbranched alkanes of at least 4 members (excludes halogenated alkanes) is 2. The summed E-state index contributed by atoms with van der Waals surface area (Å²) in [5, 5.41) is 17.4. The Morgan fingerprint density at radius 3 is 0.944 bits per heavy atom. The summed E-state index contributed by atoms with van der Waals surface area (Å²) in [5.74, 6) is -2.34. The van der Waals surface area contributed by atoms with Crippen LogP contribution in [0.15, 0.2) is 48.5 Å². The van der Waals surface area contributed by atoms with E-state index in [1.54, 1.807) is 0 Å². The van der Waals surface area contributed by atoms with Crippen molar-refractivity contribution in [3.05, 3.63) is 70.8 Å². The van der Waals surface area contributed by atoms with Crippen LogP contribution in [0.25, 0.3) is 0 Å². The van der Waals surface area contributed by atoms with Crippen LogP contribution in [0, 0.1) is 0 Å². The smallest absolute Gasteiger partial charge is 0.338 e. The lowest BCUT2D eigenvalue weighted by Crippen LogP contribution is -2.14. The molecule has 36 heavy (non-hydrogen) atoms. The van der Waals surface area contributed by atoms with Gasteiger partial charge in [0.05, 0.1) is 35.5 Å². The van der Waals surface area contributed by atoms with E-state index in [9.17, 15) is 19.2 Å². The van der Waals surface area contributed by atoms with E-state index in [1.807, 2.05) is 0 Å². The summed E-state index contributed by atoms with van der Waals surface area (Å²) in [7, 11) is 0. The van der Waals surface area contributed by atoms with E-state index in [1.165, 1.54) is 48.5 Å². The number of hydrogen-bond donors (Lipinski definition) is 2. The zero-order valence-electron chi connectivity index (χ0n) is 19.9. The van der Waals surface area contributed by atoms with Crippen molar-refractivity contribution in [1.29, 1.82) is 0 Å². The van der Waals surface area contributed by atoms with Crippen molar-refractivity contribution in [2.75, 3.05) is 39.6 Å². The van der Waals surface area contributed by atoms with Crippen molar-refractivity contribution in [3.8, 4) is 0 Å². The molecule has 2 aromatic rings. The fraction of sp³-hybridized carbons (Fsp3) is 0.385. The molecule has 0 aromatic heterocycles. The van der Waals surface area contributed by atoms with Gasteiger partial charge in [-0.1, -0.05) is 0 Å². The van der Waals surface area contributed by atoms with Crippen LogP contribution in [0.4, 0.5) is 0 Å². The molecule has 0 aliphatic carbocycles. The molecule has 0 amide bonds. The number of rotatable bonds is 15. The first-order valence-electron chi connectivity index (χ1n) is 11.6. The third-order valence-electron chi connectivity index (χ3n) is 4.83. The van der Waals surface area contributed by atoms with Crippen molar-refractivity contribution >= 4 is 23.9 Å². The van der Waals surface area contributed by atoms with Gasteiger partial charge < -0.3 is 29.2 Å². The average molecular weight is 503 g/mol. The molecular weight excluding hydrogens is 472 g/mol. The predicted molar refractivity (Wildman–Crippen MR) is 127 cm³/mol. The highest BCUT2D eigenvalue weighted by molar-refractivity contribution is 5.94. The molecule has 0 unspecified atom stereocenters. The highest BCUT2D eigenvalue weighted by Gasteiger charge is 2.13. The number of carbonyl (C=O) groups excluding carboxylic acids is 4. The predicted octanol–water partition coefficient (Wildman–Crippen LogP) is 2.56. The molecule has 0 fully saturated rings. The first kappa shape index (κ1) is 28.5. The largest absolute Gasteiger partial charge is 0.462 e. The number of aliphatic hydroxyl groups excluding tert-OH is 2. The number of benzene rings is 2. The summed E-state index contributed by atoms with van der Waals surface area (Å²) in [6.07, 6.45) is 2.21. The van der Waals surface area contributed by atoms with Crippen molar-refractivity contribution < 1.29 is 48.3 Å². The molecule has 0 heterocycles. The van der Waals surface area contributed by atoms with Gasteiger partial charge in [-0.05, 0) is 74.2 Å². The number of aliphatic hydroxyl groups is 2. The SMILES string of the molecule is O=C(OCCCCO)c1ccc(C(=O)OCCOC(=O)c2ccc(C(=O)OCCCCO)cc2)cc1. The molecule has 2 rings (SSSR count). The van der Waals surface area contributed by atoms with E-state index in [0.29, 0.717) is 25.7 Å². The van der Waals surface area contributed by atoms with Gasteiger partial charge in [-0.25, -0.2) is 19.2 Å². The Balaban J connectivity index is 1.71. The molecule has 2 aromatic carbocycles. The van der Waals surface area contributed by atoms with Crippen molar-refractivity contribution in [2.24, 2.45) is 0 Å². The fourth-order valence-corrected chi connectivity index (χ4v) is 2.84. The second-order valence-electron chi connectivity index (χ2n) is 7.56. The van der Waals surface area contributed by atoms with Crippen LogP contribution < -0.4 is 0 Å². The van der Waals surface area contributed by atoms with Gasteiger partial charge >= 0.3 is 23.9 Å². The van der Waals surface area contributed by atoms with Gasteiger partial charge in [0, 0.05) is 13.2 Å². The lowest BCUT2D eigenvalue weighted by Gasteiger charge is -2.08. The summed E-state index contributed by atoms with van der Waals surface area (Å²) in [6.45, 7) is 0.128. The maximum atomic E-state index is 12.1. The summed E-state index contributed by atoms with van der Waals surface area (Å²) in [4.78, 5) is 48.1. The van der Waals surface area contributed by atoms with Gasteiger partial charge in [0.2, 0.25) is 0 Å². The molecule has 0 radical (unpaired) electrons. The molecule has 0 saturated heterocycles. The van der Waals surface area contributed by atoms with Crippen LogP contribution in [0.1, 0.15) is 67.1 Å². The van der Waals surface area contributed by atoms with E-state index in [0.717, 1.165) is 0 Å². The van der Waals surface area contributed by atoms with E-state index < -0.39 is 23.9 Å². The Labute approximate surface area is 208 Å². The topological polar surface area (TPSA) is 146 Å². The third kappa shape index (κ3) is 9.85. The minimum absolute atomic E-state index is 0.0342. The number of hydrogen-bond acceptors (Lipinski definition) is 10. The third-order valence-corrected chi connectivity index (χ3v) is 4.83. The average Bonchev–Trinajstić information content (AvgIpc) is 2.91. The molecule has 10 nitrogen and oxygen atoms in total. The summed E-state index contributed by atoms with van der Waals surface area (Å²) >= 11 is 0. The van der Waals surface area contributed by atoms with Gasteiger partial charge in [0.15, 0.2) is 0 Å². The molecule has 0 aliphatic heterocycles. The molecule has 0 spiro atoms. The first-order chi connectivity index (χ1) is 17.5. The molecule has 0 aliphatic rings. The van der Waals surface area contributed by atoms with Crippen molar-refractivity contribution in [1.82, 2.24) is 0 Å². The molecule has 10 heteroatoms. The number of carbonyl (C=O) groups is 4. The second kappa shape index (κ2) is 16.0. The minimum Gasteiger partial charge on any atom is -0.462 e. The second-order valence-corrected chi connectivity index (χ2v) is 7.56. The Morgan fingerprint density at radius 1 is 0.444 bits per heavy atom. The van der Waals surface area contributed by atoms with Crippen LogP contribution >= 0.6 is 0 Å². The lowest BCUT2D eigenvalue weighted by molar-refractivity contribution is 0.0265. The summed E-state index contributed by atoms with van der Waals surface area (Å²) < 4.78 is 20.3. The Kier molecular flexibility index (Phi) is 12.7. The Hall–Kier alpha value is -3.76. The molecule has 2 N–H and O–H groups in total. The summed E-state index contributed by atoms with van der Waals surface area (Å²) in [5.41, 5.74) is 1.00. The first-order valence-corrected chi connectivity index (χ1v) is 11.6. The highest BCUT2D eigenvalue weighted by Crippen LogP contribution is 2.10. The Bertz CT molecular complexity index is 901. The maximum absolute atomic E-state index is 12.1. The molecule has 194 valence electrons. The van der Waals surface area contributed by atoms with Crippen molar-refractivity contribution in [3.63, 3.8) is 0 Å². The highest BCUT2D eigenvalue weighted by atomic mass is 16.6. The number of esters is 4. The lowest BCUT2D eigenvalue weighted by atomic mass is 10.1. The van der Waals surface area contributed by atoms with Gasteiger partial charge in [-0.3, -0.25) is 0 Å². The van der Waals surface area contributed by atoms with Gasteiger partial charge in [-0.2, -0.15) is 0 Å². The van der Waals surface area contributed by atoms with E-state index in [-0.39, 0.29) is 61.9 Å². The van der Waals surface area contributed by atoms with Crippen LogP contribution in [-0.2, 0) is 18.9 Å². The maximum Gasteiger partial charge on any atom is 0.338 e. The quantitative estimate of drug-likeness (QED) is 0.212. The molecular formula is C26H30O10. The number of ether oxygens (including phenoxy) is 4. The zero-order valence-corrected chi connectivity index (χ0v) is 19.9. The minimum atomic E-state index is -0.643. The van der Waals surface area contributed by atoms with Gasteiger partial charge in [-0.15, -0.1) is 0 Å². The van der Waals surface area contributed by atoms with Gasteiger partial charge in [0.1, 0.15) is 13.2 Å². The van der Waals surface area contributed by atoms with E-state index >= 15 is 0 Å². The van der Waals surface area contributed by atoms with Crippen molar-refractivity contribution in [2.45, 2.75) is 25.7 Å². The summed E-state index contributed by atoms with van der Waals surface area (Å²) in [6, 6.07) is 11.5. The van der Waals surface area contributed by atoms with Crippen LogP contribution in [0.2, 0.25) is 0 Å². The van der Waals surface area contributed by atoms with E-state index in [2.05, 4.69) is 0 Å². The monoisotopic (exact) mass is 502 g/mol. The standard InChI is InChI=1S/C26H30O10/c27-13-1-3-15-33-23(29)19-5-9-21(10-6-19)25(31)35-17-18-36-26(32)22-11-7-20(8-12-22)24(30)34-16-4-2-14-28/h5-12,27-28H,1-4,13-18H2.